The zero-order valence-electron chi connectivity index (χ0n) is 17.9. The molecule has 1 saturated heterocycles. The maximum absolute atomic E-state index is 14.5. The summed E-state index contributed by atoms with van der Waals surface area (Å²) < 4.78 is 27.0. The molecule has 0 spiro atoms. The van der Waals surface area contributed by atoms with Crippen molar-refractivity contribution in [2.75, 3.05) is 31.6 Å². The lowest BCUT2D eigenvalue weighted by Crippen LogP contribution is -2.35. The van der Waals surface area contributed by atoms with E-state index in [-0.39, 0.29) is 5.56 Å². The second-order valence-electron chi connectivity index (χ2n) is 8.51. The summed E-state index contributed by atoms with van der Waals surface area (Å²) in [5.74, 6) is 0.0392. The molecule has 1 fully saturated rings. The number of ether oxygens (including phenoxy) is 2. The summed E-state index contributed by atoms with van der Waals surface area (Å²) in [6.07, 6.45) is 4.88. The third-order valence-corrected chi connectivity index (χ3v) is 4.76. The summed E-state index contributed by atoms with van der Waals surface area (Å²) >= 11 is 0. The first-order valence-electron chi connectivity index (χ1n) is 10.2. The number of imidazole rings is 1. The molecule has 1 aliphatic rings. The Kier molecular flexibility index (Phi) is 5.88. The Morgan fingerprint density at radius 2 is 2.03 bits per heavy atom. The van der Waals surface area contributed by atoms with Gasteiger partial charge in [0.05, 0.1) is 18.9 Å². The molecular formula is C22H26FN5O3. The number of rotatable bonds is 4. The number of amides is 1. The summed E-state index contributed by atoms with van der Waals surface area (Å²) in [6, 6.07) is 4.32. The van der Waals surface area contributed by atoms with Gasteiger partial charge < -0.3 is 9.47 Å². The van der Waals surface area contributed by atoms with Crippen molar-refractivity contribution in [3.8, 4) is 11.3 Å². The molecule has 9 heteroatoms. The Morgan fingerprint density at radius 1 is 1.26 bits per heavy atom. The lowest BCUT2D eigenvalue weighted by Gasteiger charge is -2.26. The molecule has 0 unspecified atom stereocenters. The van der Waals surface area contributed by atoms with Gasteiger partial charge in [0.15, 0.2) is 0 Å². The van der Waals surface area contributed by atoms with Gasteiger partial charge in [0, 0.05) is 55.0 Å². The van der Waals surface area contributed by atoms with Gasteiger partial charge in [-0.15, -0.1) is 0 Å². The third-order valence-electron chi connectivity index (χ3n) is 4.76. The molecule has 0 radical (unpaired) electrons. The van der Waals surface area contributed by atoms with Crippen molar-refractivity contribution in [1.29, 1.82) is 0 Å². The van der Waals surface area contributed by atoms with Crippen molar-refractivity contribution in [3.05, 3.63) is 48.2 Å². The Labute approximate surface area is 180 Å². The maximum Gasteiger partial charge on any atom is 0.412 e. The lowest BCUT2D eigenvalue weighted by molar-refractivity contribution is 0.0341. The second-order valence-corrected chi connectivity index (χ2v) is 8.51. The fraction of sp³-hybridized carbons (Fsp3) is 0.409. The number of fused-ring (bicyclic) bond motifs is 1. The first-order chi connectivity index (χ1) is 14.8. The predicted molar refractivity (Wildman–Crippen MR) is 114 cm³/mol. The summed E-state index contributed by atoms with van der Waals surface area (Å²) in [7, 11) is 0. The van der Waals surface area contributed by atoms with Gasteiger partial charge in [0.25, 0.3) is 0 Å². The molecule has 0 atom stereocenters. The van der Waals surface area contributed by atoms with E-state index in [4.69, 9.17) is 9.47 Å². The second kappa shape index (κ2) is 8.60. The van der Waals surface area contributed by atoms with Crippen LogP contribution in [0.4, 0.5) is 14.9 Å². The summed E-state index contributed by atoms with van der Waals surface area (Å²) in [5, 5.41) is 2.63. The normalized spacial score (nSPS) is 15.2. The van der Waals surface area contributed by atoms with Crippen LogP contribution in [0.1, 0.15) is 26.3 Å². The number of nitrogens with one attached hydrogen (secondary N) is 1. The van der Waals surface area contributed by atoms with E-state index in [1.54, 1.807) is 37.6 Å². The highest BCUT2D eigenvalue weighted by Gasteiger charge is 2.18. The van der Waals surface area contributed by atoms with Crippen molar-refractivity contribution >= 4 is 17.6 Å². The molecule has 1 aliphatic heterocycles. The van der Waals surface area contributed by atoms with Crippen LogP contribution in [0, 0.1) is 5.82 Å². The van der Waals surface area contributed by atoms with Crippen LogP contribution in [-0.2, 0) is 16.0 Å². The number of aromatic nitrogens is 3. The number of benzene rings is 1. The first kappa shape index (κ1) is 21.2. The molecule has 164 valence electrons. The zero-order chi connectivity index (χ0) is 22.0. The van der Waals surface area contributed by atoms with E-state index in [1.165, 1.54) is 18.2 Å². The van der Waals surface area contributed by atoms with E-state index < -0.39 is 17.5 Å². The van der Waals surface area contributed by atoms with Gasteiger partial charge in [-0.25, -0.2) is 19.2 Å². The molecule has 8 nitrogen and oxygen atoms in total. The van der Waals surface area contributed by atoms with Gasteiger partial charge in [-0.05, 0) is 39.0 Å². The standard InChI is InChI=1S/C22H26FN5O3/c1-22(2,3)31-21(29)25-16-4-5-18(23)17(10-16)19-14-28-13-15(11-24-20(28)26-19)12-27-6-8-30-9-7-27/h4-5,10-11,13-14H,6-9,12H2,1-3H3,(H,25,29). The zero-order valence-corrected chi connectivity index (χ0v) is 17.9. The van der Waals surface area contributed by atoms with Gasteiger partial charge in [0.1, 0.15) is 11.4 Å². The molecule has 0 bridgehead atoms. The SMILES string of the molecule is CC(C)(C)OC(=O)Nc1ccc(F)c(-c2cn3cc(CN4CCOCC4)cnc3n2)c1. The Hall–Kier alpha value is -3.04. The molecule has 1 aromatic carbocycles. The smallest absolute Gasteiger partial charge is 0.412 e. The number of morpholine rings is 1. The average molecular weight is 427 g/mol. The van der Waals surface area contributed by atoms with Crippen molar-refractivity contribution in [2.24, 2.45) is 0 Å². The van der Waals surface area contributed by atoms with Gasteiger partial charge >= 0.3 is 6.09 Å². The van der Waals surface area contributed by atoms with Crippen LogP contribution in [0.5, 0.6) is 0 Å². The molecule has 2 aromatic heterocycles. The quantitative estimate of drug-likeness (QED) is 0.684. The van der Waals surface area contributed by atoms with E-state index in [2.05, 4.69) is 20.2 Å². The minimum atomic E-state index is -0.626. The van der Waals surface area contributed by atoms with Crippen LogP contribution in [-0.4, -0.2) is 57.3 Å². The van der Waals surface area contributed by atoms with Crippen LogP contribution >= 0.6 is 0 Å². The highest BCUT2D eigenvalue weighted by atomic mass is 19.1. The summed E-state index contributed by atoms with van der Waals surface area (Å²) in [4.78, 5) is 23.2. The van der Waals surface area contributed by atoms with E-state index in [0.29, 0.717) is 17.2 Å². The molecule has 1 N–H and O–H groups in total. The molecule has 3 aromatic rings. The van der Waals surface area contributed by atoms with Crippen molar-refractivity contribution in [1.82, 2.24) is 19.3 Å². The number of anilines is 1. The van der Waals surface area contributed by atoms with Gasteiger partial charge in [0.2, 0.25) is 5.78 Å². The minimum absolute atomic E-state index is 0.272. The van der Waals surface area contributed by atoms with E-state index in [1.807, 2.05) is 6.20 Å². The highest BCUT2D eigenvalue weighted by molar-refractivity contribution is 5.86. The lowest BCUT2D eigenvalue weighted by atomic mass is 10.1. The molecular weight excluding hydrogens is 401 g/mol. The van der Waals surface area contributed by atoms with Crippen molar-refractivity contribution < 1.29 is 18.7 Å². The van der Waals surface area contributed by atoms with E-state index in [9.17, 15) is 9.18 Å². The van der Waals surface area contributed by atoms with Crippen molar-refractivity contribution in [3.63, 3.8) is 0 Å². The maximum atomic E-state index is 14.5. The monoisotopic (exact) mass is 427 g/mol. The number of carbonyl (C=O) groups is 1. The summed E-state index contributed by atoms with van der Waals surface area (Å²) in [5.41, 5.74) is 1.54. The number of carbonyl (C=O) groups excluding carboxylic acids is 1. The highest BCUT2D eigenvalue weighted by Crippen LogP contribution is 2.26. The average Bonchev–Trinajstić information content (AvgIpc) is 3.12. The molecule has 3 heterocycles. The van der Waals surface area contributed by atoms with Crippen LogP contribution < -0.4 is 5.32 Å². The predicted octanol–water partition coefficient (Wildman–Crippen LogP) is 3.71. The third kappa shape index (κ3) is 5.36. The van der Waals surface area contributed by atoms with Crippen molar-refractivity contribution in [2.45, 2.75) is 32.9 Å². The fourth-order valence-corrected chi connectivity index (χ4v) is 3.38. The topological polar surface area (TPSA) is 81.0 Å². The molecule has 4 rings (SSSR count). The summed E-state index contributed by atoms with van der Waals surface area (Å²) in [6.45, 7) is 9.34. The number of halogens is 1. The van der Waals surface area contributed by atoms with Gasteiger partial charge in [-0.1, -0.05) is 0 Å². The van der Waals surface area contributed by atoms with Gasteiger partial charge in [-0.3, -0.25) is 14.6 Å². The fourth-order valence-electron chi connectivity index (χ4n) is 3.38. The number of hydrogen-bond acceptors (Lipinski definition) is 6. The van der Waals surface area contributed by atoms with Crippen LogP contribution in [0.2, 0.25) is 0 Å². The number of hydrogen-bond donors (Lipinski definition) is 1. The Bertz CT molecular complexity index is 1090. The van der Waals surface area contributed by atoms with Crippen LogP contribution in [0.15, 0.2) is 36.8 Å². The van der Waals surface area contributed by atoms with Gasteiger partial charge in [-0.2, -0.15) is 0 Å². The molecule has 0 saturated carbocycles. The Morgan fingerprint density at radius 3 is 2.77 bits per heavy atom. The van der Waals surface area contributed by atoms with Crippen LogP contribution in [0.3, 0.4) is 0 Å². The van der Waals surface area contributed by atoms with E-state index >= 15 is 0 Å². The van der Waals surface area contributed by atoms with E-state index in [0.717, 1.165) is 38.4 Å². The molecule has 1 amide bonds. The first-order valence-corrected chi connectivity index (χ1v) is 10.2. The Balaban J connectivity index is 1.55. The largest absolute Gasteiger partial charge is 0.444 e. The molecule has 31 heavy (non-hydrogen) atoms. The minimum Gasteiger partial charge on any atom is -0.444 e. The molecule has 0 aliphatic carbocycles. The van der Waals surface area contributed by atoms with Crippen LogP contribution in [0.25, 0.3) is 17.0 Å². The number of nitrogens with zero attached hydrogens (tertiary/aromatic N) is 4.